The molecule has 0 unspecified atom stereocenters. The predicted octanol–water partition coefficient (Wildman–Crippen LogP) is 10.3. The van der Waals surface area contributed by atoms with Crippen molar-refractivity contribution in [3.8, 4) is 11.5 Å². The lowest BCUT2D eigenvalue weighted by Gasteiger charge is -2.15. The molecule has 1 atom stereocenters. The summed E-state index contributed by atoms with van der Waals surface area (Å²) in [7, 11) is 3.46. The molecule has 2 amide bonds. The number of nitrogens with one attached hydrogen (secondary N) is 2. The smallest absolute Gasteiger partial charge is 0.278 e. The molecular formula is C58H112N6O4S2+4. The maximum Gasteiger partial charge on any atom is 0.278 e. The number of benzene rings is 1. The summed E-state index contributed by atoms with van der Waals surface area (Å²) in [6.07, 6.45) is 49.5. The number of nitrogens with two attached hydrogens (primary N) is 2. The highest BCUT2D eigenvalue weighted by Gasteiger charge is 2.21. The molecule has 70 heavy (non-hydrogen) atoms. The molecule has 1 aromatic rings. The number of amides is 2. The first-order valence-electron chi connectivity index (χ1n) is 29.3. The van der Waals surface area contributed by atoms with Gasteiger partial charge in [-0.1, -0.05) is 175 Å². The Balaban J connectivity index is 2.47. The van der Waals surface area contributed by atoms with Crippen molar-refractivity contribution in [2.75, 3.05) is 70.5 Å². The van der Waals surface area contributed by atoms with Crippen LogP contribution in [-0.4, -0.2) is 88.4 Å². The SMILES string of the molecule is CCCCCCCC/C=C\CCCCCCCCOc1ccc(C(=O)NCCSSCCNC(=O)[C@H](CCC[NH2+]CCC[NH3+])[NH2+]CCC[NH3+])cc1OCCCCCCCC/C=C\CCCCCCCC. The zero-order valence-corrected chi connectivity index (χ0v) is 47.2. The number of ether oxygens (including phenoxy) is 2. The fraction of sp³-hybridized carbons (Fsp3) is 0.793. The summed E-state index contributed by atoms with van der Waals surface area (Å²) >= 11 is 0. The van der Waals surface area contributed by atoms with Gasteiger partial charge in [0, 0.05) is 55.8 Å². The minimum atomic E-state index is -0.0964. The fourth-order valence-corrected chi connectivity index (χ4v) is 10.3. The standard InChI is InChI=1S/C58H108N6O4S2/c1-3-5-7-9-11-13-15-17-19-21-23-25-27-29-31-33-48-67-55-40-39-53(52-56(55)68-49-34-32-30-28-26-24-22-20-18-16-14-12-10-8-6-4-2)57(65)63-46-50-69-70-51-47-64-58(66)54(62-45-37-42-60)38-35-43-61-44-36-41-59/h17-20,39-40,52,54,61-62H,3-16,21-38,41-51,59-60H2,1-2H3,(H,63,65)(H,64,66)/p+4/b19-17-,20-18-/t54-/m0/s1. The zero-order chi connectivity index (χ0) is 50.5. The molecule has 0 aliphatic heterocycles. The van der Waals surface area contributed by atoms with Gasteiger partial charge in [0.25, 0.3) is 11.8 Å². The van der Waals surface area contributed by atoms with E-state index >= 15 is 0 Å². The lowest BCUT2D eigenvalue weighted by atomic mass is 10.1. The van der Waals surface area contributed by atoms with Crippen LogP contribution in [-0.2, 0) is 4.79 Å². The lowest BCUT2D eigenvalue weighted by Crippen LogP contribution is -2.93. The van der Waals surface area contributed by atoms with E-state index in [-0.39, 0.29) is 17.9 Å². The Kier molecular flexibility index (Phi) is 49.9. The van der Waals surface area contributed by atoms with Gasteiger partial charge in [0.05, 0.1) is 45.9 Å². The third kappa shape index (κ3) is 42.3. The average Bonchev–Trinajstić information content (AvgIpc) is 3.37. The quantitative estimate of drug-likeness (QED) is 0.0216. The van der Waals surface area contributed by atoms with Crippen molar-refractivity contribution in [2.45, 2.75) is 225 Å². The largest absolute Gasteiger partial charge is 0.490 e. The van der Waals surface area contributed by atoms with Crippen LogP contribution in [0.5, 0.6) is 11.5 Å². The Hall–Kier alpha value is -2.22. The van der Waals surface area contributed by atoms with Crippen molar-refractivity contribution in [2.24, 2.45) is 0 Å². The minimum Gasteiger partial charge on any atom is -0.490 e. The molecule has 0 saturated carbocycles. The highest BCUT2D eigenvalue weighted by Crippen LogP contribution is 2.29. The first-order valence-corrected chi connectivity index (χ1v) is 31.8. The fourth-order valence-electron chi connectivity index (χ4n) is 8.45. The van der Waals surface area contributed by atoms with Crippen LogP contribution < -0.4 is 42.2 Å². The van der Waals surface area contributed by atoms with E-state index in [1.165, 1.54) is 161 Å². The third-order valence-corrected chi connectivity index (χ3v) is 15.3. The summed E-state index contributed by atoms with van der Waals surface area (Å²) in [5.74, 6) is 3.05. The van der Waals surface area contributed by atoms with E-state index in [1.807, 2.05) is 18.2 Å². The summed E-state index contributed by atoms with van der Waals surface area (Å²) < 4.78 is 12.6. The molecule has 0 aliphatic rings. The molecule has 1 rings (SSSR count). The number of hydrogen-bond acceptors (Lipinski definition) is 6. The molecule has 406 valence electrons. The van der Waals surface area contributed by atoms with Crippen LogP contribution in [0.15, 0.2) is 42.5 Å². The van der Waals surface area contributed by atoms with Gasteiger partial charge in [0.15, 0.2) is 17.5 Å². The second-order valence-electron chi connectivity index (χ2n) is 19.5. The van der Waals surface area contributed by atoms with E-state index in [0.29, 0.717) is 37.6 Å². The Morgan fingerprint density at radius 3 is 1.50 bits per heavy atom. The molecule has 0 heterocycles. The van der Waals surface area contributed by atoms with Crippen LogP contribution in [0, 0.1) is 0 Å². The van der Waals surface area contributed by atoms with E-state index < -0.39 is 0 Å². The minimum absolute atomic E-state index is 0.0359. The van der Waals surface area contributed by atoms with Crippen LogP contribution >= 0.6 is 21.6 Å². The van der Waals surface area contributed by atoms with Gasteiger partial charge in [-0.25, -0.2) is 0 Å². The molecule has 0 aromatic heterocycles. The highest BCUT2D eigenvalue weighted by atomic mass is 33.1. The molecule has 10 nitrogen and oxygen atoms in total. The molecule has 1 aromatic carbocycles. The number of allylic oxidation sites excluding steroid dienone is 4. The molecule has 0 spiro atoms. The van der Waals surface area contributed by atoms with Gasteiger partial charge < -0.3 is 42.2 Å². The molecule has 0 saturated heterocycles. The van der Waals surface area contributed by atoms with Crippen LogP contribution in [0.4, 0.5) is 0 Å². The lowest BCUT2D eigenvalue weighted by molar-refractivity contribution is -0.683. The normalized spacial score (nSPS) is 12.1. The molecule has 0 bridgehead atoms. The molecule has 0 aliphatic carbocycles. The number of rotatable bonds is 54. The van der Waals surface area contributed by atoms with Crippen molar-refractivity contribution in [1.82, 2.24) is 10.6 Å². The first-order chi connectivity index (χ1) is 34.6. The topological polar surface area (TPSA) is 165 Å². The van der Waals surface area contributed by atoms with Gasteiger partial charge in [-0.3, -0.25) is 9.59 Å². The van der Waals surface area contributed by atoms with Crippen LogP contribution in [0.25, 0.3) is 0 Å². The molecular weight excluding hydrogens is 909 g/mol. The van der Waals surface area contributed by atoms with Crippen molar-refractivity contribution in [1.29, 1.82) is 0 Å². The highest BCUT2D eigenvalue weighted by molar-refractivity contribution is 8.76. The Bertz CT molecular complexity index is 1370. The number of carbonyl (C=O) groups is 2. The van der Waals surface area contributed by atoms with Crippen molar-refractivity contribution in [3.63, 3.8) is 0 Å². The second kappa shape index (κ2) is 53.1. The van der Waals surface area contributed by atoms with Crippen LogP contribution in [0.1, 0.15) is 230 Å². The van der Waals surface area contributed by atoms with Gasteiger partial charge >= 0.3 is 0 Å². The maximum absolute atomic E-state index is 13.3. The van der Waals surface area contributed by atoms with Gasteiger partial charge in [-0.15, -0.1) is 0 Å². The third-order valence-electron chi connectivity index (χ3n) is 12.9. The number of hydrogen-bond donors (Lipinski definition) is 6. The van der Waals surface area contributed by atoms with Crippen LogP contribution in [0.3, 0.4) is 0 Å². The van der Waals surface area contributed by atoms with E-state index in [1.54, 1.807) is 21.6 Å². The van der Waals surface area contributed by atoms with Crippen molar-refractivity contribution >= 4 is 33.4 Å². The molecule has 12 heteroatoms. The molecule has 12 N–H and O–H groups in total. The summed E-state index contributed by atoms with van der Waals surface area (Å²) in [5, 5.41) is 10.8. The Morgan fingerprint density at radius 2 is 0.986 bits per heavy atom. The summed E-state index contributed by atoms with van der Waals surface area (Å²) in [5.41, 5.74) is 8.47. The number of quaternary nitrogens is 4. The monoisotopic (exact) mass is 1020 g/mol. The molecule has 0 radical (unpaired) electrons. The van der Waals surface area contributed by atoms with Crippen LogP contribution in [0.2, 0.25) is 0 Å². The van der Waals surface area contributed by atoms with E-state index in [9.17, 15) is 9.59 Å². The van der Waals surface area contributed by atoms with Gasteiger partial charge in [0.1, 0.15) is 0 Å². The summed E-state index contributed by atoms with van der Waals surface area (Å²) in [6.45, 7) is 12.0. The van der Waals surface area contributed by atoms with E-state index in [0.717, 1.165) is 94.9 Å². The Labute approximate surface area is 438 Å². The van der Waals surface area contributed by atoms with Gasteiger partial charge in [-0.2, -0.15) is 0 Å². The maximum atomic E-state index is 13.3. The van der Waals surface area contributed by atoms with Crippen molar-refractivity contribution in [3.05, 3.63) is 48.1 Å². The summed E-state index contributed by atoms with van der Waals surface area (Å²) in [4.78, 5) is 26.3. The predicted molar refractivity (Wildman–Crippen MR) is 303 cm³/mol. The Morgan fingerprint density at radius 1 is 0.543 bits per heavy atom. The molecule has 0 fully saturated rings. The first kappa shape index (κ1) is 65.8. The van der Waals surface area contributed by atoms with E-state index in [4.69, 9.17) is 9.47 Å². The summed E-state index contributed by atoms with van der Waals surface area (Å²) in [6, 6.07) is 5.61. The second-order valence-corrected chi connectivity index (χ2v) is 22.2. The number of unbranched alkanes of at least 4 members (excludes halogenated alkanes) is 24. The van der Waals surface area contributed by atoms with E-state index in [2.05, 4.69) is 70.9 Å². The zero-order valence-electron chi connectivity index (χ0n) is 45.5. The average molecular weight is 1020 g/mol. The van der Waals surface area contributed by atoms with Gasteiger partial charge in [-0.05, 0) is 82.4 Å². The van der Waals surface area contributed by atoms with Gasteiger partial charge in [0.2, 0.25) is 0 Å². The number of carbonyl (C=O) groups excluding carboxylic acids is 2. The van der Waals surface area contributed by atoms with Crippen molar-refractivity contribution < 1.29 is 41.2 Å².